The summed E-state index contributed by atoms with van der Waals surface area (Å²) in [5, 5.41) is 3.17. The van der Waals surface area contributed by atoms with Crippen molar-refractivity contribution in [2.24, 2.45) is 0 Å². The van der Waals surface area contributed by atoms with Crippen LogP contribution < -0.4 is 5.32 Å². The van der Waals surface area contributed by atoms with Gasteiger partial charge in [0.2, 0.25) is 0 Å². The normalized spacial score (nSPS) is 10.3. The highest BCUT2D eigenvalue weighted by molar-refractivity contribution is 6.34. The molecule has 0 saturated heterocycles. The number of nitrogens with one attached hydrogen (secondary N) is 1. The number of ketones is 1. The zero-order chi connectivity index (χ0) is 15.9. The number of anilines is 1. The maximum Gasteiger partial charge on any atom is 0.257 e. The number of Topliss-reactive ketones (excluding diaryl/α,β-unsaturated/α-hetero) is 1. The first-order valence-corrected chi connectivity index (χ1v) is 7.68. The lowest BCUT2D eigenvalue weighted by atomic mass is 10.1. The topological polar surface area (TPSA) is 46.2 Å². The van der Waals surface area contributed by atoms with Crippen LogP contribution in [0.1, 0.15) is 46.9 Å². The number of amides is 1. The number of benzene rings is 2. The van der Waals surface area contributed by atoms with Crippen LogP contribution in [0.2, 0.25) is 5.02 Å². The molecule has 22 heavy (non-hydrogen) atoms. The highest BCUT2D eigenvalue weighted by Crippen LogP contribution is 2.18. The van der Waals surface area contributed by atoms with Crippen LogP contribution in [0.5, 0.6) is 0 Å². The quantitative estimate of drug-likeness (QED) is 0.765. The molecule has 0 bridgehead atoms. The van der Waals surface area contributed by atoms with Crippen molar-refractivity contribution in [1.82, 2.24) is 0 Å². The predicted molar refractivity (Wildman–Crippen MR) is 89.7 cm³/mol. The predicted octanol–water partition coefficient (Wildman–Crippen LogP) is 4.97. The summed E-state index contributed by atoms with van der Waals surface area (Å²) in [7, 11) is 0. The van der Waals surface area contributed by atoms with Gasteiger partial charge in [-0.25, -0.2) is 0 Å². The standard InChI is InChI=1S/C18H18ClNO2/c1-2-3-11-17(21)13-7-6-8-14(12-13)20-18(22)15-9-4-5-10-16(15)19/h4-10,12H,2-3,11H2,1H3,(H,20,22). The lowest BCUT2D eigenvalue weighted by Gasteiger charge is -2.08. The lowest BCUT2D eigenvalue weighted by molar-refractivity contribution is 0.0977. The Bertz CT molecular complexity index is 682. The van der Waals surface area contributed by atoms with Crippen LogP contribution in [0, 0.1) is 0 Å². The van der Waals surface area contributed by atoms with E-state index in [0.717, 1.165) is 12.8 Å². The van der Waals surface area contributed by atoms with Gasteiger partial charge in [-0.1, -0.05) is 49.2 Å². The second-order valence-corrected chi connectivity index (χ2v) is 5.45. The molecule has 0 atom stereocenters. The number of carbonyl (C=O) groups excluding carboxylic acids is 2. The largest absolute Gasteiger partial charge is 0.322 e. The van der Waals surface area contributed by atoms with E-state index in [4.69, 9.17) is 11.6 Å². The summed E-state index contributed by atoms with van der Waals surface area (Å²) in [6, 6.07) is 13.8. The highest BCUT2D eigenvalue weighted by Gasteiger charge is 2.11. The van der Waals surface area contributed by atoms with Gasteiger partial charge in [-0.3, -0.25) is 9.59 Å². The summed E-state index contributed by atoms with van der Waals surface area (Å²) in [5.41, 5.74) is 1.62. The molecule has 114 valence electrons. The molecule has 0 spiro atoms. The number of unbranched alkanes of at least 4 members (excludes halogenated alkanes) is 1. The van der Waals surface area contributed by atoms with Crippen LogP contribution in [-0.4, -0.2) is 11.7 Å². The third kappa shape index (κ3) is 4.18. The van der Waals surface area contributed by atoms with E-state index in [-0.39, 0.29) is 11.7 Å². The van der Waals surface area contributed by atoms with E-state index in [1.807, 2.05) is 6.92 Å². The zero-order valence-electron chi connectivity index (χ0n) is 12.4. The summed E-state index contributed by atoms with van der Waals surface area (Å²) < 4.78 is 0. The van der Waals surface area contributed by atoms with Gasteiger partial charge >= 0.3 is 0 Å². The molecule has 3 nitrogen and oxygen atoms in total. The van der Waals surface area contributed by atoms with E-state index in [0.29, 0.717) is 28.3 Å². The van der Waals surface area contributed by atoms with Gasteiger partial charge in [0.1, 0.15) is 0 Å². The maximum absolute atomic E-state index is 12.2. The second kappa shape index (κ2) is 7.76. The Morgan fingerprint density at radius 2 is 1.86 bits per heavy atom. The molecule has 0 aliphatic heterocycles. The van der Waals surface area contributed by atoms with Crippen LogP contribution in [0.15, 0.2) is 48.5 Å². The minimum absolute atomic E-state index is 0.0932. The molecule has 0 aromatic heterocycles. The molecule has 0 fully saturated rings. The van der Waals surface area contributed by atoms with Gasteiger partial charge in [-0.05, 0) is 30.7 Å². The summed E-state index contributed by atoms with van der Waals surface area (Å²) >= 11 is 6.01. The van der Waals surface area contributed by atoms with Crippen molar-refractivity contribution in [1.29, 1.82) is 0 Å². The molecule has 0 heterocycles. The van der Waals surface area contributed by atoms with Crippen LogP contribution in [0.4, 0.5) is 5.69 Å². The third-order valence-corrected chi connectivity index (χ3v) is 3.65. The number of hydrogen-bond acceptors (Lipinski definition) is 2. The summed E-state index contributed by atoms with van der Waals surface area (Å²) in [6.45, 7) is 2.05. The molecule has 2 aromatic carbocycles. The average molecular weight is 316 g/mol. The Kier molecular flexibility index (Phi) is 5.73. The van der Waals surface area contributed by atoms with E-state index in [2.05, 4.69) is 5.32 Å². The first kappa shape index (κ1) is 16.2. The Labute approximate surface area is 135 Å². The molecular weight excluding hydrogens is 298 g/mol. The first-order valence-electron chi connectivity index (χ1n) is 7.31. The maximum atomic E-state index is 12.2. The highest BCUT2D eigenvalue weighted by atomic mass is 35.5. The van der Waals surface area contributed by atoms with Gasteiger partial charge in [0.15, 0.2) is 5.78 Å². The number of rotatable bonds is 6. The van der Waals surface area contributed by atoms with E-state index in [1.54, 1.807) is 48.5 Å². The number of hydrogen-bond donors (Lipinski definition) is 1. The first-order chi connectivity index (χ1) is 10.6. The SMILES string of the molecule is CCCCC(=O)c1cccc(NC(=O)c2ccccc2Cl)c1. The van der Waals surface area contributed by atoms with Gasteiger partial charge < -0.3 is 5.32 Å². The minimum Gasteiger partial charge on any atom is -0.322 e. The van der Waals surface area contributed by atoms with Crippen molar-refractivity contribution in [3.8, 4) is 0 Å². The van der Waals surface area contributed by atoms with Crippen molar-refractivity contribution < 1.29 is 9.59 Å². The second-order valence-electron chi connectivity index (χ2n) is 5.04. The lowest BCUT2D eigenvalue weighted by Crippen LogP contribution is -2.12. The summed E-state index contributed by atoms with van der Waals surface area (Å²) in [4.78, 5) is 24.2. The molecule has 0 radical (unpaired) electrons. The van der Waals surface area contributed by atoms with Gasteiger partial charge in [0, 0.05) is 17.7 Å². The molecule has 0 aliphatic carbocycles. The third-order valence-electron chi connectivity index (χ3n) is 3.32. The zero-order valence-corrected chi connectivity index (χ0v) is 13.2. The molecule has 1 N–H and O–H groups in total. The molecule has 2 rings (SSSR count). The summed E-state index contributed by atoms with van der Waals surface area (Å²) in [6.07, 6.45) is 2.38. The number of halogens is 1. The van der Waals surface area contributed by atoms with Gasteiger partial charge in [-0.15, -0.1) is 0 Å². The molecule has 0 aliphatic rings. The monoisotopic (exact) mass is 315 g/mol. The summed E-state index contributed by atoms with van der Waals surface area (Å²) in [5.74, 6) is -0.195. The van der Waals surface area contributed by atoms with Crippen LogP contribution >= 0.6 is 11.6 Å². The fourth-order valence-corrected chi connectivity index (χ4v) is 2.32. The van der Waals surface area contributed by atoms with Crippen LogP contribution in [-0.2, 0) is 0 Å². The van der Waals surface area contributed by atoms with E-state index in [9.17, 15) is 9.59 Å². The van der Waals surface area contributed by atoms with Crippen LogP contribution in [0.25, 0.3) is 0 Å². The van der Waals surface area contributed by atoms with Gasteiger partial charge in [0.25, 0.3) is 5.91 Å². The van der Waals surface area contributed by atoms with Crippen LogP contribution in [0.3, 0.4) is 0 Å². The van der Waals surface area contributed by atoms with Crippen molar-refractivity contribution in [2.45, 2.75) is 26.2 Å². The van der Waals surface area contributed by atoms with E-state index in [1.165, 1.54) is 0 Å². The van der Waals surface area contributed by atoms with Crippen molar-refractivity contribution >= 4 is 29.0 Å². The Balaban J connectivity index is 2.12. The minimum atomic E-state index is -0.288. The number of carbonyl (C=O) groups is 2. The Morgan fingerprint density at radius 1 is 1.09 bits per heavy atom. The molecule has 2 aromatic rings. The fourth-order valence-electron chi connectivity index (χ4n) is 2.10. The molecule has 1 amide bonds. The molecule has 0 unspecified atom stereocenters. The van der Waals surface area contributed by atoms with Crippen molar-refractivity contribution in [3.05, 3.63) is 64.7 Å². The molecule has 4 heteroatoms. The Hall–Kier alpha value is -2.13. The van der Waals surface area contributed by atoms with Crippen molar-refractivity contribution in [3.63, 3.8) is 0 Å². The Morgan fingerprint density at radius 3 is 2.59 bits per heavy atom. The van der Waals surface area contributed by atoms with Crippen molar-refractivity contribution in [2.75, 3.05) is 5.32 Å². The average Bonchev–Trinajstić information content (AvgIpc) is 2.53. The van der Waals surface area contributed by atoms with Gasteiger partial charge in [-0.2, -0.15) is 0 Å². The van der Waals surface area contributed by atoms with Gasteiger partial charge in [0.05, 0.1) is 10.6 Å². The molecular formula is C18H18ClNO2. The molecule has 0 saturated carbocycles. The van der Waals surface area contributed by atoms with E-state index < -0.39 is 0 Å². The fraction of sp³-hybridized carbons (Fsp3) is 0.222. The smallest absolute Gasteiger partial charge is 0.257 e. The van der Waals surface area contributed by atoms with E-state index >= 15 is 0 Å².